The fraction of sp³-hybridized carbons (Fsp3) is 0.909. The molecule has 1 amide bonds. The van der Waals surface area contributed by atoms with E-state index in [9.17, 15) is 4.79 Å². The second-order valence-corrected chi connectivity index (χ2v) is 4.00. The molecule has 0 aromatic heterocycles. The van der Waals surface area contributed by atoms with Crippen LogP contribution in [0.25, 0.3) is 0 Å². The number of carbonyl (C=O) groups excluding carboxylic acids is 1. The molecule has 0 bridgehead atoms. The summed E-state index contributed by atoms with van der Waals surface area (Å²) in [5.74, 6) is 0.131. The first-order valence-electron chi connectivity index (χ1n) is 5.78. The Kier molecular flexibility index (Phi) is 5.65. The van der Waals surface area contributed by atoms with Crippen LogP contribution in [0.1, 0.15) is 26.2 Å². The Morgan fingerprint density at radius 3 is 2.67 bits per heavy atom. The molecule has 1 aliphatic rings. The summed E-state index contributed by atoms with van der Waals surface area (Å²) in [6, 6.07) is 0.411. The van der Waals surface area contributed by atoms with E-state index in [4.69, 9.17) is 4.74 Å². The molecule has 15 heavy (non-hydrogen) atoms. The largest absolute Gasteiger partial charge is 0.375 e. The molecule has 0 unspecified atom stereocenters. The van der Waals surface area contributed by atoms with E-state index in [1.54, 1.807) is 7.11 Å². The van der Waals surface area contributed by atoms with Gasteiger partial charge in [-0.2, -0.15) is 0 Å². The lowest BCUT2D eigenvalue weighted by Crippen LogP contribution is -2.47. The Morgan fingerprint density at radius 2 is 2.13 bits per heavy atom. The summed E-state index contributed by atoms with van der Waals surface area (Å²) in [7, 11) is 1.57. The summed E-state index contributed by atoms with van der Waals surface area (Å²) >= 11 is 0. The second kappa shape index (κ2) is 6.80. The number of amides is 1. The average molecular weight is 214 g/mol. The van der Waals surface area contributed by atoms with Gasteiger partial charge >= 0.3 is 0 Å². The standard InChI is InChI=1S/C11H22N2O2/c1-3-8-13(11(14)9-15-2)10-4-6-12-7-5-10/h10,12H,3-9H2,1-2H3. The number of nitrogens with one attached hydrogen (secondary N) is 1. The van der Waals surface area contributed by atoms with Crippen molar-refractivity contribution in [1.29, 1.82) is 0 Å². The molecule has 0 atom stereocenters. The molecule has 1 N–H and O–H groups in total. The smallest absolute Gasteiger partial charge is 0.248 e. The van der Waals surface area contributed by atoms with Gasteiger partial charge in [-0.3, -0.25) is 4.79 Å². The van der Waals surface area contributed by atoms with E-state index >= 15 is 0 Å². The Hall–Kier alpha value is -0.610. The Morgan fingerprint density at radius 1 is 1.47 bits per heavy atom. The van der Waals surface area contributed by atoms with Gasteiger partial charge in [-0.15, -0.1) is 0 Å². The van der Waals surface area contributed by atoms with E-state index in [0.29, 0.717) is 6.04 Å². The number of carbonyl (C=O) groups is 1. The molecule has 0 aliphatic carbocycles. The molecule has 4 nitrogen and oxygen atoms in total. The van der Waals surface area contributed by atoms with Gasteiger partial charge in [0.05, 0.1) is 0 Å². The van der Waals surface area contributed by atoms with Crippen LogP contribution in [0, 0.1) is 0 Å². The first-order chi connectivity index (χ1) is 7.29. The van der Waals surface area contributed by atoms with Crippen molar-refractivity contribution in [2.75, 3.05) is 33.4 Å². The summed E-state index contributed by atoms with van der Waals surface area (Å²) in [6.45, 7) is 5.21. The van der Waals surface area contributed by atoms with Gasteiger partial charge in [-0.25, -0.2) is 0 Å². The summed E-state index contributed by atoms with van der Waals surface area (Å²) in [5.41, 5.74) is 0. The van der Waals surface area contributed by atoms with Gasteiger partial charge in [0.15, 0.2) is 0 Å². The van der Waals surface area contributed by atoms with E-state index in [-0.39, 0.29) is 12.5 Å². The van der Waals surface area contributed by atoms with Gasteiger partial charge < -0.3 is 15.0 Å². The molecular formula is C11H22N2O2. The molecule has 0 saturated carbocycles. The Labute approximate surface area is 92.0 Å². The number of ether oxygens (including phenoxy) is 1. The quantitative estimate of drug-likeness (QED) is 0.729. The molecule has 0 spiro atoms. The first kappa shape index (κ1) is 12.5. The van der Waals surface area contributed by atoms with Crippen molar-refractivity contribution < 1.29 is 9.53 Å². The van der Waals surface area contributed by atoms with Crippen LogP contribution in [0.3, 0.4) is 0 Å². The summed E-state index contributed by atoms with van der Waals surface area (Å²) < 4.78 is 4.91. The van der Waals surface area contributed by atoms with Crippen LogP contribution in [0.2, 0.25) is 0 Å². The molecule has 4 heteroatoms. The number of piperidine rings is 1. The minimum absolute atomic E-state index is 0.131. The van der Waals surface area contributed by atoms with Crippen molar-refractivity contribution in [3.63, 3.8) is 0 Å². The zero-order valence-corrected chi connectivity index (χ0v) is 9.79. The van der Waals surface area contributed by atoms with E-state index in [1.165, 1.54) is 0 Å². The Bertz CT molecular complexity index is 191. The maximum absolute atomic E-state index is 11.8. The maximum Gasteiger partial charge on any atom is 0.248 e. The third kappa shape index (κ3) is 3.80. The van der Waals surface area contributed by atoms with E-state index in [2.05, 4.69) is 12.2 Å². The molecule has 0 radical (unpaired) electrons. The highest BCUT2D eigenvalue weighted by Gasteiger charge is 2.23. The molecule has 1 saturated heterocycles. The molecule has 1 heterocycles. The minimum Gasteiger partial charge on any atom is -0.375 e. The first-order valence-corrected chi connectivity index (χ1v) is 5.78. The van der Waals surface area contributed by atoms with Crippen LogP contribution in [0.15, 0.2) is 0 Å². The molecule has 1 aliphatic heterocycles. The van der Waals surface area contributed by atoms with Crippen LogP contribution >= 0.6 is 0 Å². The lowest BCUT2D eigenvalue weighted by molar-refractivity contribution is -0.138. The monoisotopic (exact) mass is 214 g/mol. The SMILES string of the molecule is CCCN(C(=O)COC)C1CCNCC1. The molecule has 1 rings (SSSR count). The zero-order chi connectivity index (χ0) is 11.1. The van der Waals surface area contributed by atoms with Crippen molar-refractivity contribution >= 4 is 5.91 Å². The van der Waals surface area contributed by atoms with Crippen molar-refractivity contribution in [2.45, 2.75) is 32.2 Å². The van der Waals surface area contributed by atoms with Gasteiger partial charge in [-0.1, -0.05) is 6.92 Å². The van der Waals surface area contributed by atoms with Gasteiger partial charge in [0.25, 0.3) is 0 Å². The van der Waals surface area contributed by atoms with Crippen LogP contribution < -0.4 is 5.32 Å². The lowest BCUT2D eigenvalue weighted by atomic mass is 10.0. The van der Waals surface area contributed by atoms with Gasteiger partial charge in [-0.05, 0) is 32.4 Å². The lowest BCUT2D eigenvalue weighted by Gasteiger charge is -2.34. The Balaban J connectivity index is 2.50. The van der Waals surface area contributed by atoms with Crippen molar-refractivity contribution in [3.05, 3.63) is 0 Å². The van der Waals surface area contributed by atoms with Crippen molar-refractivity contribution in [1.82, 2.24) is 10.2 Å². The van der Waals surface area contributed by atoms with Gasteiger partial charge in [0.1, 0.15) is 6.61 Å². The molecule has 88 valence electrons. The average Bonchev–Trinajstić information content (AvgIpc) is 2.27. The van der Waals surface area contributed by atoms with Crippen molar-refractivity contribution in [2.24, 2.45) is 0 Å². The number of rotatable bonds is 5. The van der Waals surface area contributed by atoms with E-state index < -0.39 is 0 Å². The molecule has 0 aromatic carbocycles. The fourth-order valence-corrected chi connectivity index (χ4v) is 2.08. The number of methoxy groups -OCH3 is 1. The zero-order valence-electron chi connectivity index (χ0n) is 9.79. The number of hydrogen-bond donors (Lipinski definition) is 1. The van der Waals surface area contributed by atoms with Crippen LogP contribution in [0.4, 0.5) is 0 Å². The molecular weight excluding hydrogens is 192 g/mol. The predicted molar refractivity (Wildman–Crippen MR) is 59.8 cm³/mol. The highest BCUT2D eigenvalue weighted by molar-refractivity contribution is 5.77. The van der Waals surface area contributed by atoms with Gasteiger partial charge in [0, 0.05) is 19.7 Å². The third-order valence-electron chi connectivity index (χ3n) is 2.80. The van der Waals surface area contributed by atoms with Crippen LogP contribution in [-0.4, -0.2) is 50.2 Å². The highest BCUT2D eigenvalue weighted by Crippen LogP contribution is 2.12. The molecule has 1 fully saturated rings. The topological polar surface area (TPSA) is 41.6 Å². The second-order valence-electron chi connectivity index (χ2n) is 4.00. The van der Waals surface area contributed by atoms with Crippen molar-refractivity contribution in [3.8, 4) is 0 Å². The summed E-state index contributed by atoms with van der Waals surface area (Å²) in [6.07, 6.45) is 3.14. The van der Waals surface area contributed by atoms with Gasteiger partial charge in [0.2, 0.25) is 5.91 Å². The minimum atomic E-state index is 0.131. The van der Waals surface area contributed by atoms with E-state index in [0.717, 1.165) is 38.9 Å². The molecule has 0 aromatic rings. The predicted octanol–water partition coefficient (Wildman–Crippen LogP) is 0.623. The summed E-state index contributed by atoms with van der Waals surface area (Å²) in [4.78, 5) is 13.8. The normalized spacial score (nSPS) is 17.7. The van der Waals surface area contributed by atoms with Crippen LogP contribution in [0.5, 0.6) is 0 Å². The van der Waals surface area contributed by atoms with Crippen LogP contribution in [-0.2, 0) is 9.53 Å². The maximum atomic E-state index is 11.8. The third-order valence-corrected chi connectivity index (χ3v) is 2.80. The van der Waals surface area contributed by atoms with E-state index in [1.807, 2.05) is 4.90 Å². The highest BCUT2D eigenvalue weighted by atomic mass is 16.5. The number of nitrogens with zero attached hydrogens (tertiary/aromatic N) is 1. The fourth-order valence-electron chi connectivity index (χ4n) is 2.08. The number of hydrogen-bond acceptors (Lipinski definition) is 3. The summed E-state index contributed by atoms with van der Waals surface area (Å²) in [5, 5.41) is 3.31.